The first-order valence-corrected chi connectivity index (χ1v) is 14.6. The molecule has 212 valence electrons. The first-order valence-electron chi connectivity index (χ1n) is 13.1. The number of aromatic nitrogens is 1. The molecule has 0 aliphatic carbocycles. The molecular weight excluding hydrogens is 531 g/mol. The third kappa shape index (κ3) is 8.32. The van der Waals surface area contributed by atoms with Gasteiger partial charge in [0.05, 0.1) is 16.0 Å². The Kier molecular flexibility index (Phi) is 10.2. The van der Waals surface area contributed by atoms with Gasteiger partial charge in [-0.2, -0.15) is 13.2 Å². The number of amides is 1. The van der Waals surface area contributed by atoms with Gasteiger partial charge in [0.1, 0.15) is 0 Å². The number of primary amides is 1. The summed E-state index contributed by atoms with van der Waals surface area (Å²) < 4.78 is 68.2. The number of nitrogens with one attached hydrogen (secondary N) is 1. The molecule has 3 N–H and O–H groups in total. The van der Waals surface area contributed by atoms with Gasteiger partial charge in [-0.25, -0.2) is 8.42 Å². The molecule has 0 aliphatic heterocycles. The van der Waals surface area contributed by atoms with E-state index in [1.165, 1.54) is 6.07 Å². The zero-order valence-electron chi connectivity index (χ0n) is 21.9. The quantitative estimate of drug-likeness (QED) is 0.213. The minimum Gasteiger partial charge on any atom is -0.370 e. The number of alkyl halides is 3. The van der Waals surface area contributed by atoms with Gasteiger partial charge in [-0.1, -0.05) is 32.6 Å². The number of sulfonamides is 1. The molecular formula is C28H34F3N3O4S. The summed E-state index contributed by atoms with van der Waals surface area (Å²) in [4.78, 5) is 23.5. The number of hydrogen-bond donors (Lipinski definition) is 2. The zero-order chi connectivity index (χ0) is 28.6. The average molecular weight is 566 g/mol. The van der Waals surface area contributed by atoms with Crippen LogP contribution in [0.5, 0.6) is 0 Å². The Labute approximate surface area is 226 Å². The van der Waals surface area contributed by atoms with Crippen molar-refractivity contribution in [3.63, 3.8) is 0 Å². The van der Waals surface area contributed by atoms with E-state index in [1.807, 2.05) is 13.0 Å². The molecule has 11 heteroatoms. The summed E-state index contributed by atoms with van der Waals surface area (Å²) in [7, 11) is -4.12. The van der Waals surface area contributed by atoms with Gasteiger partial charge in [-0.15, -0.1) is 0 Å². The number of aryl methyl sites for hydroxylation is 1. The fourth-order valence-corrected chi connectivity index (χ4v) is 5.54. The summed E-state index contributed by atoms with van der Waals surface area (Å²) in [5, 5.41) is 0.688. The fraction of sp³-hybridized carbons (Fsp3) is 0.429. The summed E-state index contributed by atoms with van der Waals surface area (Å²) in [5.74, 6) is -0.317. The topological polar surface area (TPSA) is 111 Å². The first-order chi connectivity index (χ1) is 18.4. The number of halogens is 3. The van der Waals surface area contributed by atoms with Crippen molar-refractivity contribution in [1.29, 1.82) is 0 Å². The first kappa shape index (κ1) is 30.2. The van der Waals surface area contributed by atoms with Gasteiger partial charge in [-0.3, -0.25) is 18.9 Å². The number of carbonyl (C=O) groups excluding carboxylic acids is 2. The van der Waals surface area contributed by atoms with Crippen LogP contribution in [0.15, 0.2) is 53.4 Å². The predicted octanol–water partition coefficient (Wildman–Crippen LogP) is 6.66. The van der Waals surface area contributed by atoms with Gasteiger partial charge in [0.25, 0.3) is 10.0 Å². The molecule has 1 amide bonds. The van der Waals surface area contributed by atoms with Crippen LogP contribution in [0.4, 0.5) is 18.9 Å². The Morgan fingerprint density at radius 1 is 0.897 bits per heavy atom. The fourth-order valence-electron chi connectivity index (χ4n) is 4.49. The lowest BCUT2D eigenvalue weighted by atomic mass is 10.1. The van der Waals surface area contributed by atoms with E-state index in [-0.39, 0.29) is 22.4 Å². The lowest BCUT2D eigenvalue weighted by Crippen LogP contribution is -2.14. The maximum atomic E-state index is 12.9. The molecule has 0 saturated carbocycles. The summed E-state index contributed by atoms with van der Waals surface area (Å²) in [6, 6.07) is 10.00. The van der Waals surface area contributed by atoms with Crippen LogP contribution in [0.25, 0.3) is 10.9 Å². The van der Waals surface area contributed by atoms with Gasteiger partial charge in [-0.05, 0) is 74.2 Å². The number of rotatable bonds is 14. The highest BCUT2D eigenvalue weighted by Crippen LogP contribution is 2.31. The third-order valence-corrected chi connectivity index (χ3v) is 7.84. The molecule has 1 aromatic heterocycles. The van der Waals surface area contributed by atoms with E-state index in [0.717, 1.165) is 68.5 Å². The minimum absolute atomic E-state index is 0.0352. The SMILES string of the molecule is CCCC(=O)n1c(CCCCCCCCC(N)=O)cc2cc(NS(=O)(=O)c3ccc(C(F)(F)F)cc3)ccc21. The number of hydrogen-bond acceptors (Lipinski definition) is 4. The number of nitrogens with two attached hydrogens (primary N) is 1. The molecule has 0 radical (unpaired) electrons. The summed E-state index contributed by atoms with van der Waals surface area (Å²) in [5.41, 5.74) is 5.99. The Balaban J connectivity index is 1.74. The number of carbonyl (C=O) groups is 2. The van der Waals surface area contributed by atoms with Crippen molar-refractivity contribution in [3.8, 4) is 0 Å². The van der Waals surface area contributed by atoms with E-state index in [1.54, 1.807) is 16.7 Å². The molecule has 2 aromatic carbocycles. The molecule has 0 atom stereocenters. The maximum absolute atomic E-state index is 12.9. The summed E-state index contributed by atoms with van der Waals surface area (Å²) >= 11 is 0. The lowest BCUT2D eigenvalue weighted by molar-refractivity contribution is -0.137. The largest absolute Gasteiger partial charge is 0.416 e. The maximum Gasteiger partial charge on any atom is 0.416 e. The van der Waals surface area contributed by atoms with Crippen molar-refractivity contribution in [2.45, 2.75) is 82.2 Å². The van der Waals surface area contributed by atoms with E-state index >= 15 is 0 Å². The van der Waals surface area contributed by atoms with Gasteiger partial charge >= 0.3 is 6.18 Å². The van der Waals surface area contributed by atoms with E-state index in [4.69, 9.17) is 5.73 Å². The summed E-state index contributed by atoms with van der Waals surface area (Å²) in [6.45, 7) is 1.93. The number of fused-ring (bicyclic) bond motifs is 1. The second-order valence-electron chi connectivity index (χ2n) is 9.60. The highest BCUT2D eigenvalue weighted by Gasteiger charge is 2.30. The zero-order valence-corrected chi connectivity index (χ0v) is 22.7. The van der Waals surface area contributed by atoms with Gasteiger partial charge in [0.2, 0.25) is 11.8 Å². The Hall–Kier alpha value is -3.34. The molecule has 1 heterocycles. The highest BCUT2D eigenvalue weighted by molar-refractivity contribution is 7.92. The predicted molar refractivity (Wildman–Crippen MR) is 145 cm³/mol. The van der Waals surface area contributed by atoms with Crippen LogP contribution >= 0.6 is 0 Å². The molecule has 3 rings (SSSR count). The van der Waals surface area contributed by atoms with Crippen LogP contribution in [0.2, 0.25) is 0 Å². The second kappa shape index (κ2) is 13.1. The van der Waals surface area contributed by atoms with Gasteiger partial charge in [0, 0.05) is 29.6 Å². The van der Waals surface area contributed by atoms with Gasteiger partial charge < -0.3 is 5.73 Å². The molecule has 0 bridgehead atoms. The van der Waals surface area contributed by atoms with Crippen LogP contribution in [-0.4, -0.2) is 24.8 Å². The molecule has 39 heavy (non-hydrogen) atoms. The van der Waals surface area contributed by atoms with Crippen LogP contribution in [0, 0.1) is 0 Å². The number of unbranched alkanes of at least 4 members (excludes halogenated alkanes) is 5. The van der Waals surface area contributed by atoms with Crippen molar-refractivity contribution >= 4 is 38.4 Å². The Bertz CT molecular complexity index is 1400. The highest BCUT2D eigenvalue weighted by atomic mass is 32.2. The molecule has 0 unspecified atom stereocenters. The molecule has 0 saturated heterocycles. The Morgan fingerprint density at radius 2 is 1.54 bits per heavy atom. The standard InChI is InChI=1S/C28H34F3N3O4S/c1-2-9-27(36)34-23(10-7-5-3-4-6-8-11-26(32)35)19-20-18-22(14-17-25(20)34)33-39(37,38)24-15-12-21(13-16-24)28(29,30)31/h12-19,33H,2-11H2,1H3,(H2,32,35). The minimum atomic E-state index is -4.56. The number of benzene rings is 2. The van der Waals surface area contributed by atoms with Crippen molar-refractivity contribution in [3.05, 3.63) is 59.8 Å². The van der Waals surface area contributed by atoms with E-state index in [9.17, 15) is 31.2 Å². The van der Waals surface area contributed by atoms with Crippen LogP contribution in [0.1, 0.15) is 80.8 Å². The van der Waals surface area contributed by atoms with Crippen molar-refractivity contribution in [2.75, 3.05) is 4.72 Å². The van der Waals surface area contributed by atoms with Gasteiger partial charge in [0.15, 0.2) is 0 Å². The van der Waals surface area contributed by atoms with E-state index < -0.39 is 21.8 Å². The lowest BCUT2D eigenvalue weighted by Gasteiger charge is -2.11. The van der Waals surface area contributed by atoms with Crippen molar-refractivity contribution in [2.24, 2.45) is 5.73 Å². The summed E-state index contributed by atoms with van der Waals surface area (Å²) in [6.07, 6.45) is 3.19. The number of nitrogens with zero attached hydrogens (tertiary/aromatic N) is 1. The van der Waals surface area contributed by atoms with Crippen LogP contribution in [0.3, 0.4) is 0 Å². The van der Waals surface area contributed by atoms with Crippen molar-refractivity contribution < 1.29 is 31.2 Å². The normalized spacial score (nSPS) is 12.1. The van der Waals surface area contributed by atoms with Crippen LogP contribution < -0.4 is 10.5 Å². The molecule has 7 nitrogen and oxygen atoms in total. The third-order valence-electron chi connectivity index (χ3n) is 6.44. The van der Waals surface area contributed by atoms with E-state index in [0.29, 0.717) is 36.6 Å². The molecule has 0 fully saturated rings. The molecule has 0 spiro atoms. The smallest absolute Gasteiger partial charge is 0.370 e. The number of anilines is 1. The van der Waals surface area contributed by atoms with E-state index in [2.05, 4.69) is 4.72 Å². The van der Waals surface area contributed by atoms with Crippen molar-refractivity contribution in [1.82, 2.24) is 4.57 Å². The Morgan fingerprint density at radius 3 is 2.15 bits per heavy atom. The van der Waals surface area contributed by atoms with Crippen LogP contribution in [-0.2, 0) is 27.4 Å². The average Bonchev–Trinajstić information content (AvgIpc) is 3.22. The molecule has 0 aliphatic rings. The monoisotopic (exact) mass is 565 g/mol. The second-order valence-corrected chi connectivity index (χ2v) is 11.3. The molecule has 3 aromatic rings.